The molecule has 0 spiro atoms. The van der Waals surface area contributed by atoms with Crippen LogP contribution in [0.3, 0.4) is 0 Å². The summed E-state index contributed by atoms with van der Waals surface area (Å²) in [6.45, 7) is 1.48. The van der Waals surface area contributed by atoms with Crippen LogP contribution < -0.4 is 21.8 Å². The number of aromatic amines is 1. The lowest BCUT2D eigenvalue weighted by molar-refractivity contribution is 0.444. The van der Waals surface area contributed by atoms with E-state index >= 15 is 0 Å². The van der Waals surface area contributed by atoms with Gasteiger partial charge in [-0.25, -0.2) is 27.3 Å². The maximum Gasteiger partial charge on any atom is 0.355 e. The Morgan fingerprint density at radius 2 is 1.69 bits per heavy atom. The maximum absolute atomic E-state index is 13.9. The third kappa shape index (κ3) is 4.02. The Morgan fingerprint density at radius 3 is 2.39 bits per heavy atom. The minimum Gasteiger partial charge on any atom is -0.331 e. The molecule has 36 heavy (non-hydrogen) atoms. The van der Waals surface area contributed by atoms with E-state index in [9.17, 15) is 27.6 Å². The minimum atomic E-state index is -1.62. The molecule has 1 N–H and O–H groups in total. The highest BCUT2D eigenvalue weighted by Crippen LogP contribution is 2.35. The van der Waals surface area contributed by atoms with E-state index in [-0.39, 0.29) is 36.2 Å². The first-order chi connectivity index (χ1) is 17.2. The van der Waals surface area contributed by atoms with Crippen molar-refractivity contribution in [1.29, 1.82) is 0 Å². The van der Waals surface area contributed by atoms with Gasteiger partial charge in [-0.3, -0.25) is 9.36 Å². The van der Waals surface area contributed by atoms with Crippen LogP contribution in [-0.2, 0) is 19.6 Å². The Labute approximate surface area is 201 Å². The molecule has 1 aliphatic heterocycles. The van der Waals surface area contributed by atoms with Crippen molar-refractivity contribution >= 4 is 5.95 Å². The predicted octanol–water partition coefficient (Wildman–Crippen LogP) is 2.69. The molecule has 8 nitrogen and oxygen atoms in total. The number of aromatic nitrogens is 4. The molecule has 1 aliphatic rings. The first-order valence-electron chi connectivity index (χ1n) is 11.1. The third-order valence-corrected chi connectivity index (χ3v) is 6.31. The molecule has 0 amide bonds. The average Bonchev–Trinajstić information content (AvgIpc) is 3.19. The van der Waals surface area contributed by atoms with E-state index in [1.54, 1.807) is 11.0 Å². The summed E-state index contributed by atoms with van der Waals surface area (Å²) in [5, 5.41) is 0. The number of halogens is 3. The molecule has 1 unspecified atom stereocenters. The van der Waals surface area contributed by atoms with Gasteiger partial charge in [-0.05, 0) is 41.8 Å². The highest BCUT2D eigenvalue weighted by Gasteiger charge is 2.31. The van der Waals surface area contributed by atoms with Gasteiger partial charge in [0.2, 0.25) is 5.95 Å². The van der Waals surface area contributed by atoms with E-state index in [2.05, 4.69) is 9.97 Å². The molecule has 1 atom stereocenters. The van der Waals surface area contributed by atoms with Gasteiger partial charge in [0.05, 0.1) is 19.1 Å². The number of benzene rings is 2. The third-order valence-electron chi connectivity index (χ3n) is 6.31. The SMILES string of the molecule is CC1c2ccccc2CN1c1nc(=O)n(Cc2ccc[nH]c2=O)c(=O)n1Cc1cc(F)c(F)c(F)c1. The number of hydrogen-bond donors (Lipinski definition) is 1. The quantitative estimate of drug-likeness (QED) is 0.430. The molecule has 11 heteroatoms. The summed E-state index contributed by atoms with van der Waals surface area (Å²) in [6, 6.07) is 11.9. The zero-order valence-corrected chi connectivity index (χ0v) is 19.0. The summed E-state index contributed by atoms with van der Waals surface area (Å²) in [7, 11) is 0. The molecular formula is C25H20F3N5O3. The number of anilines is 1. The fourth-order valence-electron chi connectivity index (χ4n) is 4.46. The molecule has 184 valence electrons. The zero-order valence-electron chi connectivity index (χ0n) is 19.0. The lowest BCUT2D eigenvalue weighted by Crippen LogP contribution is -2.45. The largest absolute Gasteiger partial charge is 0.355 e. The van der Waals surface area contributed by atoms with E-state index in [4.69, 9.17) is 0 Å². The highest BCUT2D eigenvalue weighted by molar-refractivity contribution is 5.47. The molecular weight excluding hydrogens is 475 g/mol. The fraction of sp³-hybridized carbons (Fsp3) is 0.200. The first kappa shape index (κ1) is 23.3. The lowest BCUT2D eigenvalue weighted by Gasteiger charge is -2.26. The second kappa shape index (κ2) is 8.99. The van der Waals surface area contributed by atoms with E-state index in [1.807, 2.05) is 31.2 Å². The number of nitrogens with one attached hydrogen (secondary N) is 1. The van der Waals surface area contributed by atoms with Crippen LogP contribution in [0, 0.1) is 17.5 Å². The van der Waals surface area contributed by atoms with Gasteiger partial charge in [0.15, 0.2) is 17.5 Å². The summed E-state index contributed by atoms with van der Waals surface area (Å²) in [5.41, 5.74) is -0.120. The molecule has 3 heterocycles. The van der Waals surface area contributed by atoms with E-state index < -0.39 is 34.4 Å². The van der Waals surface area contributed by atoms with E-state index in [1.165, 1.54) is 12.3 Å². The normalized spacial score (nSPS) is 14.8. The summed E-state index contributed by atoms with van der Waals surface area (Å²) in [6.07, 6.45) is 1.41. The Kier molecular flexibility index (Phi) is 5.83. The number of H-pyrrole nitrogens is 1. The molecule has 4 aromatic rings. The summed E-state index contributed by atoms with van der Waals surface area (Å²) in [5.74, 6) is -4.43. The summed E-state index contributed by atoms with van der Waals surface area (Å²) >= 11 is 0. The van der Waals surface area contributed by atoms with Crippen molar-refractivity contribution in [2.75, 3.05) is 4.90 Å². The molecule has 2 aromatic carbocycles. The van der Waals surface area contributed by atoms with Crippen LogP contribution in [0.15, 0.2) is 69.1 Å². The standard InChI is InChI=1S/C25H20F3N5O3/c1-14-18-7-3-2-5-16(18)12-31(14)23-30-24(35)33(13-17-6-4-8-29-22(17)34)25(36)32(23)11-15-9-19(26)21(28)20(27)10-15/h2-10,14H,11-13H2,1H3,(H,29,34). The molecule has 0 bridgehead atoms. The van der Waals surface area contributed by atoms with Crippen molar-refractivity contribution in [3.8, 4) is 0 Å². The average molecular weight is 495 g/mol. The van der Waals surface area contributed by atoms with Gasteiger partial charge in [0.1, 0.15) is 0 Å². The van der Waals surface area contributed by atoms with Crippen LogP contribution in [-0.4, -0.2) is 19.1 Å². The van der Waals surface area contributed by atoms with Gasteiger partial charge < -0.3 is 9.88 Å². The molecule has 0 fully saturated rings. The van der Waals surface area contributed by atoms with E-state index in [0.717, 1.165) is 32.4 Å². The van der Waals surface area contributed by atoms with Gasteiger partial charge >= 0.3 is 11.4 Å². The van der Waals surface area contributed by atoms with Crippen LogP contribution in [0.2, 0.25) is 0 Å². The molecule has 0 saturated heterocycles. The van der Waals surface area contributed by atoms with Crippen molar-refractivity contribution in [3.05, 3.63) is 126 Å². The van der Waals surface area contributed by atoms with Crippen molar-refractivity contribution < 1.29 is 13.2 Å². The van der Waals surface area contributed by atoms with Crippen molar-refractivity contribution in [3.63, 3.8) is 0 Å². The van der Waals surface area contributed by atoms with Gasteiger partial charge in [0, 0.05) is 18.3 Å². The van der Waals surface area contributed by atoms with Crippen LogP contribution in [0.4, 0.5) is 19.1 Å². The molecule has 5 rings (SSSR count). The van der Waals surface area contributed by atoms with Crippen LogP contribution in [0.5, 0.6) is 0 Å². The topological polar surface area (TPSA) is 93.0 Å². The van der Waals surface area contributed by atoms with Crippen LogP contribution in [0.25, 0.3) is 0 Å². The number of pyridine rings is 1. The van der Waals surface area contributed by atoms with Crippen LogP contribution in [0.1, 0.15) is 35.2 Å². The first-order valence-corrected chi connectivity index (χ1v) is 11.1. The second-order valence-electron chi connectivity index (χ2n) is 8.55. The predicted molar refractivity (Wildman–Crippen MR) is 125 cm³/mol. The molecule has 0 radical (unpaired) electrons. The monoisotopic (exact) mass is 495 g/mol. The Morgan fingerprint density at radius 1 is 0.972 bits per heavy atom. The number of fused-ring (bicyclic) bond motifs is 1. The Balaban J connectivity index is 1.67. The lowest BCUT2D eigenvalue weighted by atomic mass is 10.1. The minimum absolute atomic E-state index is 0.00272. The van der Waals surface area contributed by atoms with Crippen molar-refractivity contribution in [1.82, 2.24) is 19.1 Å². The maximum atomic E-state index is 13.9. The van der Waals surface area contributed by atoms with Gasteiger partial charge in [-0.2, -0.15) is 4.98 Å². The van der Waals surface area contributed by atoms with Crippen molar-refractivity contribution in [2.45, 2.75) is 32.6 Å². The second-order valence-corrected chi connectivity index (χ2v) is 8.55. The molecule has 2 aromatic heterocycles. The number of rotatable bonds is 5. The fourth-order valence-corrected chi connectivity index (χ4v) is 4.46. The number of hydrogen-bond acceptors (Lipinski definition) is 5. The number of nitrogens with zero attached hydrogens (tertiary/aromatic N) is 4. The summed E-state index contributed by atoms with van der Waals surface area (Å²) in [4.78, 5) is 47.1. The van der Waals surface area contributed by atoms with Gasteiger partial charge in [-0.1, -0.05) is 30.3 Å². The van der Waals surface area contributed by atoms with Gasteiger partial charge in [0.25, 0.3) is 5.56 Å². The van der Waals surface area contributed by atoms with Crippen molar-refractivity contribution in [2.24, 2.45) is 0 Å². The van der Waals surface area contributed by atoms with E-state index in [0.29, 0.717) is 6.54 Å². The van der Waals surface area contributed by atoms with Crippen LogP contribution >= 0.6 is 0 Å². The van der Waals surface area contributed by atoms with Gasteiger partial charge in [-0.15, -0.1) is 0 Å². The zero-order chi connectivity index (χ0) is 25.6. The Bertz CT molecular complexity index is 1640. The highest BCUT2D eigenvalue weighted by atomic mass is 19.2. The molecule has 0 saturated carbocycles. The summed E-state index contributed by atoms with van der Waals surface area (Å²) < 4.78 is 43.3. The smallest absolute Gasteiger partial charge is 0.331 e. The Hall–Kier alpha value is -4.41. The molecule has 0 aliphatic carbocycles.